The Morgan fingerprint density at radius 1 is 1.15 bits per heavy atom. The highest BCUT2D eigenvalue weighted by molar-refractivity contribution is 14.1. The van der Waals surface area contributed by atoms with Gasteiger partial charge in [-0.15, -0.1) is 0 Å². The number of benzene rings is 2. The average Bonchev–Trinajstić information content (AvgIpc) is 2.74. The Hall–Kier alpha value is -2.33. The van der Waals surface area contributed by atoms with E-state index in [-0.39, 0.29) is 17.9 Å². The van der Waals surface area contributed by atoms with Crippen LogP contribution in [-0.4, -0.2) is 37.3 Å². The zero-order chi connectivity index (χ0) is 24.5. The molecular formula is C24H29ClIN3O4. The van der Waals surface area contributed by atoms with Crippen molar-refractivity contribution in [1.82, 2.24) is 10.7 Å². The lowest BCUT2D eigenvalue weighted by Crippen LogP contribution is -2.46. The van der Waals surface area contributed by atoms with Gasteiger partial charge in [-0.25, -0.2) is 5.43 Å². The van der Waals surface area contributed by atoms with E-state index in [0.717, 1.165) is 9.13 Å². The lowest BCUT2D eigenvalue weighted by molar-refractivity contribution is -0.123. The van der Waals surface area contributed by atoms with Crippen LogP contribution in [0.15, 0.2) is 41.5 Å². The van der Waals surface area contributed by atoms with Crippen LogP contribution >= 0.6 is 34.2 Å². The quantitative estimate of drug-likeness (QED) is 0.232. The summed E-state index contributed by atoms with van der Waals surface area (Å²) in [5, 5.41) is 7.39. The van der Waals surface area contributed by atoms with Crippen molar-refractivity contribution in [3.8, 4) is 11.5 Å². The fourth-order valence-corrected chi connectivity index (χ4v) is 3.84. The molecule has 9 heteroatoms. The molecule has 0 spiro atoms. The van der Waals surface area contributed by atoms with E-state index in [1.165, 1.54) is 6.21 Å². The van der Waals surface area contributed by atoms with Crippen LogP contribution < -0.4 is 20.2 Å². The van der Waals surface area contributed by atoms with Crippen molar-refractivity contribution in [2.45, 2.75) is 46.3 Å². The molecule has 0 saturated heterocycles. The Morgan fingerprint density at radius 3 is 2.39 bits per heavy atom. The fraction of sp³-hybridized carbons (Fsp3) is 0.375. The smallest absolute Gasteiger partial charge is 0.262 e. The van der Waals surface area contributed by atoms with E-state index in [1.807, 2.05) is 33.8 Å². The van der Waals surface area contributed by atoms with Gasteiger partial charge in [-0.05, 0) is 90.7 Å². The second-order valence-electron chi connectivity index (χ2n) is 8.10. The summed E-state index contributed by atoms with van der Waals surface area (Å²) in [4.78, 5) is 25.3. The molecule has 0 saturated carbocycles. The van der Waals surface area contributed by atoms with Gasteiger partial charge in [-0.1, -0.05) is 25.4 Å². The van der Waals surface area contributed by atoms with Crippen LogP contribution in [0.3, 0.4) is 0 Å². The number of hydrazone groups is 1. The first kappa shape index (κ1) is 26.9. The number of carbonyl (C=O) groups excluding carboxylic acids is 2. The van der Waals surface area contributed by atoms with Crippen LogP contribution in [-0.2, 0) is 4.79 Å². The molecule has 0 aliphatic carbocycles. The minimum atomic E-state index is -0.734. The number of rotatable bonds is 10. The van der Waals surface area contributed by atoms with Gasteiger partial charge in [0.05, 0.1) is 23.0 Å². The van der Waals surface area contributed by atoms with Gasteiger partial charge < -0.3 is 14.8 Å². The standard InChI is InChI=1S/C24H29ClIN3O4/c1-14(2)10-20(28-23(30)17-6-8-18(25)9-7-17)24(31)29-27-13-16-11-19(26)22(33-15(3)4)21(12-16)32-5/h6-9,11-15,20H,10H2,1-5H3,(H,28,30)(H,29,31). The summed E-state index contributed by atoms with van der Waals surface area (Å²) in [6.07, 6.45) is 2.00. The summed E-state index contributed by atoms with van der Waals surface area (Å²) in [7, 11) is 1.57. The minimum absolute atomic E-state index is 0.00666. The maximum Gasteiger partial charge on any atom is 0.262 e. The second-order valence-corrected chi connectivity index (χ2v) is 9.70. The molecule has 0 aliphatic heterocycles. The van der Waals surface area contributed by atoms with Crippen molar-refractivity contribution in [1.29, 1.82) is 0 Å². The zero-order valence-corrected chi connectivity index (χ0v) is 22.2. The summed E-state index contributed by atoms with van der Waals surface area (Å²) in [6.45, 7) is 7.85. The Morgan fingerprint density at radius 2 is 1.82 bits per heavy atom. The Kier molecular flexibility index (Phi) is 10.4. The molecule has 0 aliphatic rings. The fourth-order valence-electron chi connectivity index (χ4n) is 2.96. The SMILES string of the molecule is COc1cc(C=NNC(=O)C(CC(C)C)NC(=O)c2ccc(Cl)cc2)cc(I)c1OC(C)C. The first-order valence-corrected chi connectivity index (χ1v) is 12.0. The third-order valence-electron chi connectivity index (χ3n) is 4.43. The van der Waals surface area contributed by atoms with Crippen molar-refractivity contribution in [2.75, 3.05) is 7.11 Å². The molecule has 0 fully saturated rings. The Bertz CT molecular complexity index is 994. The first-order chi connectivity index (χ1) is 15.6. The van der Waals surface area contributed by atoms with E-state index in [9.17, 15) is 9.59 Å². The first-order valence-electron chi connectivity index (χ1n) is 10.5. The van der Waals surface area contributed by atoms with Gasteiger partial charge in [-0.2, -0.15) is 5.10 Å². The summed E-state index contributed by atoms with van der Waals surface area (Å²) >= 11 is 8.05. The topological polar surface area (TPSA) is 89.0 Å². The predicted octanol–water partition coefficient (Wildman–Crippen LogP) is 5.04. The maximum absolute atomic E-state index is 12.7. The van der Waals surface area contributed by atoms with Crippen LogP contribution in [0.2, 0.25) is 5.02 Å². The molecule has 2 rings (SSSR count). The monoisotopic (exact) mass is 585 g/mol. The Labute approximate surface area is 213 Å². The third kappa shape index (κ3) is 8.51. The van der Waals surface area contributed by atoms with Crippen LogP contribution in [0.5, 0.6) is 11.5 Å². The molecule has 1 unspecified atom stereocenters. The van der Waals surface area contributed by atoms with Crippen LogP contribution in [0.25, 0.3) is 0 Å². The minimum Gasteiger partial charge on any atom is -0.493 e. The van der Waals surface area contributed by atoms with Gasteiger partial charge in [0.15, 0.2) is 11.5 Å². The molecule has 178 valence electrons. The molecule has 0 bridgehead atoms. The van der Waals surface area contributed by atoms with Crippen molar-refractivity contribution in [2.24, 2.45) is 11.0 Å². The predicted molar refractivity (Wildman–Crippen MR) is 139 cm³/mol. The molecule has 1 atom stereocenters. The van der Waals surface area contributed by atoms with Crippen LogP contribution in [0.1, 0.15) is 50.0 Å². The van der Waals surface area contributed by atoms with Crippen LogP contribution in [0, 0.1) is 9.49 Å². The van der Waals surface area contributed by atoms with Crippen molar-refractivity contribution in [3.63, 3.8) is 0 Å². The number of methoxy groups -OCH3 is 1. The highest BCUT2D eigenvalue weighted by Gasteiger charge is 2.22. The van der Waals surface area contributed by atoms with Gasteiger partial charge in [-0.3, -0.25) is 9.59 Å². The number of hydrogen-bond acceptors (Lipinski definition) is 5. The summed E-state index contributed by atoms with van der Waals surface area (Å²) < 4.78 is 12.1. The molecule has 2 aromatic carbocycles. The maximum atomic E-state index is 12.7. The second kappa shape index (κ2) is 12.8. The Balaban J connectivity index is 2.10. The highest BCUT2D eigenvalue weighted by Crippen LogP contribution is 2.34. The molecule has 7 nitrogen and oxygen atoms in total. The number of nitrogens with one attached hydrogen (secondary N) is 2. The van der Waals surface area contributed by atoms with Gasteiger partial charge in [0.2, 0.25) is 0 Å². The van der Waals surface area contributed by atoms with E-state index < -0.39 is 11.9 Å². The van der Waals surface area contributed by atoms with Gasteiger partial charge >= 0.3 is 0 Å². The molecule has 0 aromatic heterocycles. The molecular weight excluding hydrogens is 557 g/mol. The number of ether oxygens (including phenoxy) is 2. The lowest BCUT2D eigenvalue weighted by Gasteiger charge is -2.19. The van der Waals surface area contributed by atoms with Gasteiger partial charge in [0.1, 0.15) is 6.04 Å². The molecule has 2 amide bonds. The number of amides is 2. The van der Waals surface area contributed by atoms with E-state index in [1.54, 1.807) is 37.4 Å². The number of carbonyl (C=O) groups is 2. The number of nitrogens with zero attached hydrogens (tertiary/aromatic N) is 1. The van der Waals surface area contributed by atoms with Crippen molar-refractivity contribution < 1.29 is 19.1 Å². The van der Waals surface area contributed by atoms with Gasteiger partial charge in [0, 0.05) is 10.6 Å². The normalized spacial score (nSPS) is 12.2. The number of hydrogen-bond donors (Lipinski definition) is 2. The summed E-state index contributed by atoms with van der Waals surface area (Å²) in [6, 6.07) is 9.41. The van der Waals surface area contributed by atoms with Crippen molar-refractivity contribution >= 4 is 52.2 Å². The van der Waals surface area contributed by atoms with Gasteiger partial charge in [0.25, 0.3) is 11.8 Å². The van der Waals surface area contributed by atoms with E-state index in [0.29, 0.717) is 28.5 Å². The molecule has 2 N–H and O–H groups in total. The molecule has 33 heavy (non-hydrogen) atoms. The van der Waals surface area contributed by atoms with Crippen LogP contribution in [0.4, 0.5) is 0 Å². The molecule has 0 radical (unpaired) electrons. The average molecular weight is 586 g/mol. The third-order valence-corrected chi connectivity index (χ3v) is 5.48. The van der Waals surface area contributed by atoms with E-state index in [2.05, 4.69) is 38.4 Å². The van der Waals surface area contributed by atoms with E-state index >= 15 is 0 Å². The highest BCUT2D eigenvalue weighted by atomic mass is 127. The summed E-state index contributed by atoms with van der Waals surface area (Å²) in [5.41, 5.74) is 3.69. The zero-order valence-electron chi connectivity index (χ0n) is 19.3. The van der Waals surface area contributed by atoms with E-state index in [4.69, 9.17) is 21.1 Å². The summed E-state index contributed by atoms with van der Waals surface area (Å²) in [5.74, 6) is 0.683. The largest absolute Gasteiger partial charge is 0.493 e. The molecule has 2 aromatic rings. The van der Waals surface area contributed by atoms with Crippen molar-refractivity contribution in [3.05, 3.63) is 56.1 Å². The molecule has 0 heterocycles. The lowest BCUT2D eigenvalue weighted by atomic mass is 10.0. The number of halogens is 2.